The third-order valence-electron chi connectivity index (χ3n) is 7.43. The second kappa shape index (κ2) is 10.6. The molecule has 2 aromatic heterocycles. The minimum Gasteiger partial charge on any atom is -0.395 e. The van der Waals surface area contributed by atoms with Crippen LogP contribution in [0.5, 0.6) is 0 Å². The van der Waals surface area contributed by atoms with E-state index in [-0.39, 0.29) is 17.8 Å². The molecule has 2 aromatic rings. The van der Waals surface area contributed by atoms with Crippen molar-refractivity contribution in [1.29, 1.82) is 0 Å². The standard InChI is InChI=1S/C25H35N7O5S/c1-17-15-21(29-24(26-17)32-11-13-37-18(2)16-32)28-23(34)19-3-4-20(30-38(35,36)14-12-33)27-22(19)31-9-7-25(5-6-25)8-10-31/h3-4,15,18,33H,5-14,16H2,1-2H3,(H,27,30)(H,26,28,29,34)/t18-/m1/s1. The molecular weight excluding hydrogens is 510 g/mol. The van der Waals surface area contributed by atoms with E-state index in [9.17, 15) is 13.2 Å². The number of morpholine rings is 1. The molecule has 2 saturated heterocycles. The monoisotopic (exact) mass is 545 g/mol. The van der Waals surface area contributed by atoms with Crippen molar-refractivity contribution in [3.05, 3.63) is 29.5 Å². The van der Waals surface area contributed by atoms with Crippen molar-refractivity contribution in [1.82, 2.24) is 15.0 Å². The molecule has 13 heteroatoms. The van der Waals surface area contributed by atoms with Crippen molar-refractivity contribution in [3.63, 3.8) is 0 Å². The molecule has 1 saturated carbocycles. The number of nitrogens with zero attached hydrogens (tertiary/aromatic N) is 5. The third kappa shape index (κ3) is 6.16. The van der Waals surface area contributed by atoms with E-state index in [1.54, 1.807) is 12.1 Å². The number of aromatic nitrogens is 3. The summed E-state index contributed by atoms with van der Waals surface area (Å²) in [5, 5.41) is 12.0. The summed E-state index contributed by atoms with van der Waals surface area (Å²) in [5.41, 5.74) is 1.48. The summed E-state index contributed by atoms with van der Waals surface area (Å²) >= 11 is 0. The van der Waals surface area contributed by atoms with Crippen LogP contribution in [0.25, 0.3) is 0 Å². The molecule has 5 rings (SSSR count). The van der Waals surface area contributed by atoms with Crippen LogP contribution in [0.2, 0.25) is 0 Å². The largest absolute Gasteiger partial charge is 0.395 e. The fourth-order valence-corrected chi connectivity index (χ4v) is 5.84. The number of pyridine rings is 1. The van der Waals surface area contributed by atoms with Crippen LogP contribution < -0.4 is 19.8 Å². The summed E-state index contributed by atoms with van der Waals surface area (Å²) in [5.74, 6) is 0.631. The number of carbonyl (C=O) groups excluding carboxylic acids is 1. The van der Waals surface area contributed by atoms with Crippen molar-refractivity contribution in [2.24, 2.45) is 5.41 Å². The average Bonchev–Trinajstić information content (AvgIpc) is 3.62. The highest BCUT2D eigenvalue weighted by molar-refractivity contribution is 7.92. The predicted molar refractivity (Wildman–Crippen MR) is 144 cm³/mol. The van der Waals surface area contributed by atoms with Gasteiger partial charge in [-0.15, -0.1) is 0 Å². The Bertz CT molecular complexity index is 1290. The van der Waals surface area contributed by atoms with Crippen LogP contribution in [0.15, 0.2) is 18.2 Å². The zero-order valence-corrected chi connectivity index (χ0v) is 22.6. The second-order valence-corrected chi connectivity index (χ2v) is 12.3. The molecule has 3 N–H and O–H groups in total. The maximum atomic E-state index is 13.5. The average molecular weight is 546 g/mol. The van der Waals surface area contributed by atoms with Gasteiger partial charge in [-0.05, 0) is 57.1 Å². The topological polar surface area (TPSA) is 150 Å². The van der Waals surface area contributed by atoms with Gasteiger partial charge in [0.15, 0.2) is 0 Å². The van der Waals surface area contributed by atoms with Gasteiger partial charge < -0.3 is 25.0 Å². The van der Waals surface area contributed by atoms with Crippen LogP contribution in [0, 0.1) is 12.3 Å². The zero-order chi connectivity index (χ0) is 26.9. The Balaban J connectivity index is 1.40. The number of hydrogen-bond acceptors (Lipinski definition) is 10. The summed E-state index contributed by atoms with van der Waals surface area (Å²) in [7, 11) is -3.76. The number of amides is 1. The van der Waals surface area contributed by atoms with Gasteiger partial charge >= 0.3 is 0 Å². The highest BCUT2D eigenvalue weighted by Gasteiger charge is 2.45. The molecule has 4 heterocycles. The fraction of sp³-hybridized carbons (Fsp3) is 0.600. The molecule has 1 aliphatic carbocycles. The Morgan fingerprint density at radius 3 is 2.55 bits per heavy atom. The molecule has 0 unspecified atom stereocenters. The van der Waals surface area contributed by atoms with Crippen LogP contribution in [-0.4, -0.2) is 85.6 Å². The van der Waals surface area contributed by atoms with Gasteiger partial charge in [-0.1, -0.05) is 0 Å². The molecule has 12 nitrogen and oxygen atoms in total. The molecule has 1 spiro atoms. The maximum Gasteiger partial charge on any atom is 0.260 e. The van der Waals surface area contributed by atoms with Gasteiger partial charge in [-0.2, -0.15) is 4.98 Å². The SMILES string of the molecule is Cc1cc(NC(=O)c2ccc(NS(=O)(=O)CCO)nc2N2CCC3(CC2)CC3)nc(N2CCO[C@H](C)C2)n1. The first kappa shape index (κ1) is 26.6. The number of aliphatic hydroxyl groups is 1. The number of aryl methyl sites for hydroxylation is 1. The minimum atomic E-state index is -3.76. The lowest BCUT2D eigenvalue weighted by Crippen LogP contribution is -2.42. The Morgan fingerprint density at radius 2 is 1.87 bits per heavy atom. The number of rotatable bonds is 8. The summed E-state index contributed by atoms with van der Waals surface area (Å²) in [6.07, 6.45) is 4.57. The van der Waals surface area contributed by atoms with Gasteiger partial charge in [-0.3, -0.25) is 9.52 Å². The van der Waals surface area contributed by atoms with E-state index >= 15 is 0 Å². The summed E-state index contributed by atoms with van der Waals surface area (Å²) < 4.78 is 32.5. The molecule has 206 valence electrons. The summed E-state index contributed by atoms with van der Waals surface area (Å²) in [4.78, 5) is 31.3. The van der Waals surface area contributed by atoms with Gasteiger partial charge in [0.1, 0.15) is 17.5 Å². The maximum absolute atomic E-state index is 13.5. The molecule has 3 aliphatic rings. The number of piperidine rings is 1. The van der Waals surface area contributed by atoms with Gasteiger partial charge in [0.25, 0.3) is 5.91 Å². The van der Waals surface area contributed by atoms with Crippen LogP contribution in [-0.2, 0) is 14.8 Å². The normalized spacial score (nSPS) is 20.9. The molecule has 38 heavy (non-hydrogen) atoms. The second-order valence-electron chi connectivity index (χ2n) is 10.5. The van der Waals surface area contributed by atoms with E-state index in [0.29, 0.717) is 48.3 Å². The molecular formula is C25H35N7O5S. The quantitative estimate of drug-likeness (QED) is 0.448. The van der Waals surface area contributed by atoms with Gasteiger partial charge in [0.2, 0.25) is 16.0 Å². The van der Waals surface area contributed by atoms with E-state index in [1.165, 1.54) is 18.9 Å². The zero-order valence-electron chi connectivity index (χ0n) is 21.8. The first-order valence-electron chi connectivity index (χ1n) is 13.1. The highest BCUT2D eigenvalue weighted by atomic mass is 32.2. The first-order chi connectivity index (χ1) is 18.2. The predicted octanol–water partition coefficient (Wildman–Crippen LogP) is 1.77. The van der Waals surface area contributed by atoms with E-state index < -0.39 is 22.4 Å². The molecule has 0 bridgehead atoms. The summed E-state index contributed by atoms with van der Waals surface area (Å²) in [6, 6.07) is 4.76. The molecule has 0 aromatic carbocycles. The molecule has 0 radical (unpaired) electrons. The Morgan fingerprint density at radius 1 is 1.11 bits per heavy atom. The van der Waals surface area contributed by atoms with E-state index in [1.807, 2.05) is 23.6 Å². The van der Waals surface area contributed by atoms with Gasteiger partial charge in [0.05, 0.1) is 30.6 Å². The smallest absolute Gasteiger partial charge is 0.260 e. The summed E-state index contributed by atoms with van der Waals surface area (Å²) in [6.45, 7) is 6.75. The van der Waals surface area contributed by atoms with Gasteiger partial charge in [-0.25, -0.2) is 18.4 Å². The van der Waals surface area contributed by atoms with Crippen molar-refractivity contribution in [3.8, 4) is 0 Å². The third-order valence-corrected chi connectivity index (χ3v) is 8.67. The van der Waals surface area contributed by atoms with Crippen molar-refractivity contribution in [2.75, 3.05) is 65.0 Å². The number of carbonyl (C=O) groups is 1. The molecule has 1 amide bonds. The lowest BCUT2D eigenvalue weighted by Gasteiger charge is -2.34. The van der Waals surface area contributed by atoms with E-state index in [2.05, 4.69) is 25.0 Å². The van der Waals surface area contributed by atoms with Crippen molar-refractivity contribution < 1.29 is 23.1 Å². The Labute approximate surface area is 222 Å². The number of aliphatic hydroxyl groups excluding tert-OH is 1. The van der Waals surface area contributed by atoms with Crippen LogP contribution in [0.4, 0.5) is 23.4 Å². The van der Waals surface area contributed by atoms with Crippen molar-refractivity contribution in [2.45, 2.75) is 45.6 Å². The van der Waals surface area contributed by atoms with Crippen LogP contribution in [0.3, 0.4) is 0 Å². The number of sulfonamides is 1. The Kier molecular flexibility index (Phi) is 7.43. The molecule has 3 fully saturated rings. The number of nitrogens with one attached hydrogen (secondary N) is 2. The highest BCUT2D eigenvalue weighted by Crippen LogP contribution is 2.54. The molecule has 2 aliphatic heterocycles. The van der Waals surface area contributed by atoms with Gasteiger partial charge in [0, 0.05) is 37.9 Å². The number of anilines is 4. The van der Waals surface area contributed by atoms with Crippen molar-refractivity contribution >= 4 is 39.3 Å². The first-order valence-corrected chi connectivity index (χ1v) is 14.7. The fourth-order valence-electron chi connectivity index (χ4n) is 5.07. The van der Waals surface area contributed by atoms with E-state index in [0.717, 1.165) is 31.6 Å². The van der Waals surface area contributed by atoms with Crippen LogP contribution >= 0.6 is 0 Å². The lowest BCUT2D eigenvalue weighted by atomic mass is 9.93. The van der Waals surface area contributed by atoms with E-state index in [4.69, 9.17) is 9.84 Å². The Hall–Kier alpha value is -3.03. The minimum absolute atomic E-state index is 0.0622. The number of hydrogen-bond donors (Lipinski definition) is 3. The number of ether oxygens (including phenoxy) is 1. The van der Waals surface area contributed by atoms with Crippen LogP contribution in [0.1, 0.15) is 48.7 Å². The molecule has 1 atom stereocenters. The lowest BCUT2D eigenvalue weighted by molar-refractivity contribution is 0.0526.